The molecule has 0 saturated carbocycles. The first-order chi connectivity index (χ1) is 21.0. The highest BCUT2D eigenvalue weighted by atomic mass is 16.5. The number of hydrogen-bond acceptors (Lipinski definition) is 8. The largest absolute Gasteiger partial charge is 0.478 e. The van der Waals surface area contributed by atoms with Crippen LogP contribution in [-0.2, 0) is 22.6 Å². The van der Waals surface area contributed by atoms with Gasteiger partial charge in [0, 0.05) is 37.3 Å². The van der Waals surface area contributed by atoms with Gasteiger partial charge < -0.3 is 24.0 Å². The number of piperidine rings is 1. The molecule has 4 heterocycles. The number of aromatic carboxylic acids is 1. The van der Waals surface area contributed by atoms with Crippen LogP contribution in [0.1, 0.15) is 41.9 Å². The maximum Gasteiger partial charge on any atom is 0.335 e. The van der Waals surface area contributed by atoms with Crippen LogP contribution >= 0.6 is 0 Å². The first kappa shape index (κ1) is 30.2. The molecule has 1 N–H and O–H groups in total. The number of carboxylic acid groups (broad SMARTS) is 1. The number of allylic oxidation sites excluding steroid dienone is 3. The zero-order valence-corrected chi connectivity index (χ0v) is 24.6. The van der Waals surface area contributed by atoms with Gasteiger partial charge in [-0.2, -0.15) is 0 Å². The summed E-state index contributed by atoms with van der Waals surface area (Å²) in [5.41, 5.74) is 3.00. The minimum absolute atomic E-state index is 0.160. The van der Waals surface area contributed by atoms with Crippen LogP contribution in [0, 0.1) is 5.92 Å². The van der Waals surface area contributed by atoms with Crippen LogP contribution in [-0.4, -0.2) is 82.8 Å². The average molecular weight is 585 g/mol. The molecule has 0 bridgehead atoms. The average Bonchev–Trinajstić information content (AvgIpc) is 3.34. The molecule has 2 saturated heterocycles. The number of carbonyl (C=O) groups is 1. The minimum atomic E-state index is -0.927. The second-order valence-electron chi connectivity index (χ2n) is 11.0. The van der Waals surface area contributed by atoms with Gasteiger partial charge in [0.05, 0.1) is 35.8 Å². The molecule has 0 radical (unpaired) electrons. The fraction of sp³-hybridized carbons (Fsp3) is 0.394. The van der Waals surface area contributed by atoms with E-state index in [9.17, 15) is 9.90 Å². The highest BCUT2D eigenvalue weighted by molar-refractivity contribution is 5.92. The number of benzene rings is 1. The predicted molar refractivity (Wildman–Crippen MR) is 169 cm³/mol. The summed E-state index contributed by atoms with van der Waals surface area (Å²) in [4.78, 5) is 28.7. The lowest BCUT2D eigenvalue weighted by atomic mass is 9.93. The van der Waals surface area contributed by atoms with Crippen LogP contribution in [0.3, 0.4) is 0 Å². The van der Waals surface area contributed by atoms with Crippen molar-refractivity contribution in [3.05, 3.63) is 90.0 Å². The summed E-state index contributed by atoms with van der Waals surface area (Å²) >= 11 is 0. The molecule has 1 atom stereocenters. The number of likely N-dealkylation sites (tertiary alicyclic amines) is 1. The van der Waals surface area contributed by atoms with E-state index in [1.54, 1.807) is 18.3 Å². The van der Waals surface area contributed by atoms with E-state index in [2.05, 4.69) is 45.0 Å². The lowest BCUT2D eigenvalue weighted by Crippen LogP contribution is -2.35. The molecule has 0 aliphatic carbocycles. The van der Waals surface area contributed by atoms with Crippen molar-refractivity contribution >= 4 is 30.4 Å². The number of ether oxygens (including phenoxy) is 2. The number of carboxylic acids is 1. The zero-order valence-electron chi connectivity index (χ0n) is 24.6. The van der Waals surface area contributed by atoms with E-state index in [-0.39, 0.29) is 11.7 Å². The van der Waals surface area contributed by atoms with Crippen LogP contribution in [0.15, 0.2) is 88.6 Å². The van der Waals surface area contributed by atoms with E-state index in [1.807, 2.05) is 41.6 Å². The van der Waals surface area contributed by atoms with Crippen molar-refractivity contribution in [2.45, 2.75) is 44.9 Å². The third kappa shape index (κ3) is 8.18. The lowest BCUT2D eigenvalue weighted by molar-refractivity contribution is -0.0592. The van der Waals surface area contributed by atoms with E-state index in [4.69, 9.17) is 14.5 Å². The quantitative estimate of drug-likeness (QED) is 0.186. The standard InChI is InChI=1S/C33H40N6O4/c1-34-14-18-37-15-5-7-26(21-37)24-43-32(35-2)8-4-3-6-25-11-16-38(17-12-25)23-31-36-29-10-9-27(33(40)41)20-30(29)39(31)22-28-13-19-42-28/h3-5,7-10,14,18,20-21,25,28H,1-2,6,11-13,15-17,19,22-24H2,(H,40,41)/b4-3-,18-14-,32-8+. The maximum atomic E-state index is 11.6. The van der Waals surface area contributed by atoms with E-state index < -0.39 is 5.97 Å². The SMILES string of the molecule is C=N/C=C\N1C=C(CO/C(=C/C=C\CC2CCN(Cc3nc4ccc(C(=O)O)cc4n3CC3CCO3)CC2)N=C)C=CC1. The molecule has 2 aromatic rings. The Balaban J connectivity index is 1.11. The fourth-order valence-corrected chi connectivity index (χ4v) is 5.52. The molecule has 10 nitrogen and oxygen atoms in total. The number of aliphatic imine (C=N–C) groups is 2. The Morgan fingerprint density at radius 3 is 2.79 bits per heavy atom. The Hall–Kier alpha value is -4.28. The summed E-state index contributed by atoms with van der Waals surface area (Å²) in [6, 6.07) is 5.17. The fourth-order valence-electron chi connectivity index (χ4n) is 5.52. The third-order valence-corrected chi connectivity index (χ3v) is 8.06. The Labute approximate surface area is 252 Å². The molecule has 5 rings (SSSR count). The first-order valence-electron chi connectivity index (χ1n) is 14.8. The maximum absolute atomic E-state index is 11.6. The van der Waals surface area contributed by atoms with Crippen molar-refractivity contribution in [2.24, 2.45) is 15.9 Å². The van der Waals surface area contributed by atoms with Gasteiger partial charge in [0.25, 0.3) is 0 Å². The molecule has 1 aromatic heterocycles. The molecule has 10 heteroatoms. The Morgan fingerprint density at radius 1 is 1.23 bits per heavy atom. The molecule has 0 spiro atoms. The monoisotopic (exact) mass is 584 g/mol. The van der Waals surface area contributed by atoms with Gasteiger partial charge in [-0.1, -0.05) is 24.3 Å². The molecule has 3 aliphatic heterocycles. The highest BCUT2D eigenvalue weighted by Crippen LogP contribution is 2.26. The zero-order chi connectivity index (χ0) is 30.0. The van der Waals surface area contributed by atoms with Crippen molar-refractivity contribution in [1.82, 2.24) is 19.4 Å². The normalized spacial score (nSPS) is 20.1. The summed E-state index contributed by atoms with van der Waals surface area (Å²) in [6.45, 7) is 12.5. The first-order valence-corrected chi connectivity index (χ1v) is 14.8. The van der Waals surface area contributed by atoms with Crippen molar-refractivity contribution < 1.29 is 19.4 Å². The molecule has 0 amide bonds. The molecule has 226 valence electrons. The van der Waals surface area contributed by atoms with Crippen LogP contribution in [0.25, 0.3) is 11.0 Å². The topological polar surface area (TPSA) is 105 Å². The van der Waals surface area contributed by atoms with Gasteiger partial charge in [-0.05, 0) is 82.4 Å². The van der Waals surface area contributed by atoms with Gasteiger partial charge in [-0.3, -0.25) is 9.89 Å². The van der Waals surface area contributed by atoms with Crippen molar-refractivity contribution in [3.63, 3.8) is 0 Å². The molecule has 1 unspecified atom stereocenters. The smallest absolute Gasteiger partial charge is 0.335 e. The number of hydrogen-bond donors (Lipinski definition) is 1. The lowest BCUT2D eigenvalue weighted by Gasteiger charge is -2.32. The highest BCUT2D eigenvalue weighted by Gasteiger charge is 2.25. The number of imidazole rings is 1. The molecule has 2 fully saturated rings. The van der Waals surface area contributed by atoms with Gasteiger partial charge >= 0.3 is 5.97 Å². The summed E-state index contributed by atoms with van der Waals surface area (Å²) in [6.07, 6.45) is 20.1. The number of fused-ring (bicyclic) bond motifs is 1. The van der Waals surface area contributed by atoms with Crippen molar-refractivity contribution in [3.8, 4) is 0 Å². The van der Waals surface area contributed by atoms with Gasteiger partial charge in [-0.15, -0.1) is 0 Å². The summed E-state index contributed by atoms with van der Waals surface area (Å²) < 4.78 is 13.7. The van der Waals surface area contributed by atoms with Gasteiger partial charge in [0.1, 0.15) is 12.4 Å². The second kappa shape index (κ2) is 14.8. The van der Waals surface area contributed by atoms with E-state index in [0.29, 0.717) is 25.0 Å². The summed E-state index contributed by atoms with van der Waals surface area (Å²) in [5.74, 6) is 1.15. The van der Waals surface area contributed by atoms with E-state index in [1.165, 1.54) is 0 Å². The number of nitrogens with zero attached hydrogens (tertiary/aromatic N) is 6. The Morgan fingerprint density at radius 2 is 2.07 bits per heavy atom. The number of aromatic nitrogens is 2. The number of rotatable bonds is 14. The van der Waals surface area contributed by atoms with E-state index >= 15 is 0 Å². The molecule has 43 heavy (non-hydrogen) atoms. The molecular weight excluding hydrogens is 544 g/mol. The molecule has 1 aromatic carbocycles. The second-order valence-corrected chi connectivity index (χ2v) is 11.0. The van der Waals surface area contributed by atoms with Crippen molar-refractivity contribution in [2.75, 3.05) is 32.8 Å². The van der Waals surface area contributed by atoms with Crippen LogP contribution in [0.2, 0.25) is 0 Å². The minimum Gasteiger partial charge on any atom is -0.478 e. The van der Waals surface area contributed by atoms with Crippen molar-refractivity contribution in [1.29, 1.82) is 0 Å². The van der Waals surface area contributed by atoms with Crippen LogP contribution in [0.5, 0.6) is 0 Å². The Bertz CT molecular complexity index is 1460. The van der Waals surface area contributed by atoms with Crippen LogP contribution in [0.4, 0.5) is 0 Å². The summed E-state index contributed by atoms with van der Waals surface area (Å²) in [5, 5.41) is 9.49. The molecular formula is C33H40N6O4. The molecule has 3 aliphatic rings. The summed E-state index contributed by atoms with van der Waals surface area (Å²) in [7, 11) is 0. The van der Waals surface area contributed by atoms with Gasteiger partial charge in [-0.25, -0.2) is 14.8 Å². The Kier molecular flexibility index (Phi) is 10.4. The van der Waals surface area contributed by atoms with Gasteiger partial charge in [0.15, 0.2) is 0 Å². The van der Waals surface area contributed by atoms with Gasteiger partial charge in [0.2, 0.25) is 5.88 Å². The third-order valence-electron chi connectivity index (χ3n) is 8.06. The van der Waals surface area contributed by atoms with E-state index in [0.717, 1.165) is 80.9 Å². The predicted octanol–water partition coefficient (Wildman–Crippen LogP) is 5.17. The van der Waals surface area contributed by atoms with Crippen LogP contribution < -0.4 is 0 Å².